The first-order valence-electron chi connectivity index (χ1n) is 6.39. The molecule has 0 saturated heterocycles. The number of aromatic nitrogens is 1. The highest BCUT2D eigenvalue weighted by Crippen LogP contribution is 2.29. The van der Waals surface area contributed by atoms with Crippen molar-refractivity contribution in [2.75, 3.05) is 0 Å². The Morgan fingerprint density at radius 1 is 1.26 bits per heavy atom. The van der Waals surface area contributed by atoms with Gasteiger partial charge in [-0.3, -0.25) is 0 Å². The van der Waals surface area contributed by atoms with Gasteiger partial charge in [-0.15, -0.1) is 0 Å². The van der Waals surface area contributed by atoms with Crippen LogP contribution in [0.15, 0.2) is 45.6 Å². The molecule has 4 heteroatoms. The van der Waals surface area contributed by atoms with Crippen LogP contribution < -0.4 is 5.32 Å². The molecule has 3 rings (SSSR count). The number of furan rings is 1. The summed E-state index contributed by atoms with van der Waals surface area (Å²) in [5, 5.41) is 4.39. The largest absolute Gasteiger partial charge is 0.453 e. The van der Waals surface area contributed by atoms with Gasteiger partial charge in [0.05, 0.1) is 0 Å². The van der Waals surface area contributed by atoms with Gasteiger partial charge in [-0.1, -0.05) is 32.0 Å². The molecule has 2 aromatic heterocycles. The molecule has 1 N–H and O–H groups in total. The van der Waals surface area contributed by atoms with Crippen LogP contribution in [0.4, 0.5) is 0 Å². The molecule has 0 saturated carbocycles. The van der Waals surface area contributed by atoms with Crippen LogP contribution in [-0.2, 0) is 6.54 Å². The Labute approximate surface area is 111 Å². The van der Waals surface area contributed by atoms with Crippen LogP contribution in [0.5, 0.6) is 0 Å². The van der Waals surface area contributed by atoms with Gasteiger partial charge in [0.1, 0.15) is 11.3 Å². The molecule has 19 heavy (non-hydrogen) atoms. The molecule has 0 amide bonds. The van der Waals surface area contributed by atoms with Gasteiger partial charge in [0.15, 0.2) is 17.9 Å². The third-order valence-corrected chi connectivity index (χ3v) is 2.97. The number of rotatable bonds is 4. The summed E-state index contributed by atoms with van der Waals surface area (Å²) in [6.45, 7) is 4.86. The van der Waals surface area contributed by atoms with Crippen LogP contribution >= 0.6 is 0 Å². The van der Waals surface area contributed by atoms with Crippen molar-refractivity contribution in [3.63, 3.8) is 0 Å². The lowest BCUT2D eigenvalue weighted by Gasteiger charge is -2.05. The molecule has 0 spiro atoms. The summed E-state index contributed by atoms with van der Waals surface area (Å²) in [5.74, 6) is 1.42. The van der Waals surface area contributed by atoms with Gasteiger partial charge in [-0.05, 0) is 12.1 Å². The normalized spacial score (nSPS) is 11.5. The van der Waals surface area contributed by atoms with E-state index in [0.717, 1.165) is 22.4 Å². The van der Waals surface area contributed by atoms with E-state index < -0.39 is 0 Å². The van der Waals surface area contributed by atoms with Gasteiger partial charge in [-0.2, -0.15) is 0 Å². The maximum Gasteiger partial charge on any atom is 0.194 e. The van der Waals surface area contributed by atoms with E-state index in [1.54, 1.807) is 0 Å². The predicted octanol–water partition coefficient (Wildman–Crippen LogP) is 3.59. The van der Waals surface area contributed by atoms with Crippen LogP contribution in [0.2, 0.25) is 0 Å². The topological polar surface area (TPSA) is 51.2 Å². The van der Waals surface area contributed by atoms with Gasteiger partial charge < -0.3 is 14.2 Å². The summed E-state index contributed by atoms with van der Waals surface area (Å²) < 4.78 is 11.3. The monoisotopic (exact) mass is 256 g/mol. The molecule has 0 bridgehead atoms. The molecule has 0 aliphatic rings. The van der Waals surface area contributed by atoms with Gasteiger partial charge in [0, 0.05) is 18.0 Å². The van der Waals surface area contributed by atoms with Crippen molar-refractivity contribution in [1.82, 2.24) is 10.3 Å². The Balaban J connectivity index is 1.95. The van der Waals surface area contributed by atoms with Gasteiger partial charge in [-0.25, -0.2) is 4.98 Å². The summed E-state index contributed by atoms with van der Waals surface area (Å²) in [6.07, 6.45) is 1.46. The molecular weight excluding hydrogens is 240 g/mol. The van der Waals surface area contributed by atoms with E-state index in [2.05, 4.69) is 24.1 Å². The summed E-state index contributed by atoms with van der Waals surface area (Å²) in [6, 6.07) is 10.3. The molecule has 3 aromatic rings. The lowest BCUT2D eigenvalue weighted by Crippen LogP contribution is -2.22. The second-order valence-electron chi connectivity index (χ2n) is 4.81. The van der Waals surface area contributed by atoms with Gasteiger partial charge in [0.2, 0.25) is 0 Å². The zero-order valence-electron chi connectivity index (χ0n) is 11.0. The lowest BCUT2D eigenvalue weighted by atomic mass is 10.2. The Bertz CT molecular complexity index is 649. The van der Waals surface area contributed by atoms with E-state index >= 15 is 0 Å². The van der Waals surface area contributed by atoms with Crippen molar-refractivity contribution in [3.05, 3.63) is 42.4 Å². The van der Waals surface area contributed by atoms with Crippen molar-refractivity contribution in [1.29, 1.82) is 0 Å². The SMILES string of the molecule is CC(C)NCc1ncoc1-c1cc2ccccc2o1. The van der Waals surface area contributed by atoms with E-state index in [1.165, 1.54) is 6.39 Å². The Hall–Kier alpha value is -2.07. The average Bonchev–Trinajstić information content (AvgIpc) is 3.02. The van der Waals surface area contributed by atoms with Crippen molar-refractivity contribution in [2.24, 2.45) is 0 Å². The lowest BCUT2D eigenvalue weighted by molar-refractivity contribution is 0.531. The smallest absolute Gasteiger partial charge is 0.194 e. The van der Waals surface area contributed by atoms with E-state index in [1.807, 2.05) is 30.3 Å². The quantitative estimate of drug-likeness (QED) is 0.775. The molecule has 0 unspecified atom stereocenters. The number of fused-ring (bicyclic) bond motifs is 1. The number of para-hydroxylation sites is 1. The molecule has 0 aliphatic heterocycles. The fourth-order valence-electron chi connectivity index (χ4n) is 1.99. The molecule has 0 fully saturated rings. The van der Waals surface area contributed by atoms with Gasteiger partial charge in [0.25, 0.3) is 0 Å². The van der Waals surface area contributed by atoms with E-state index in [4.69, 9.17) is 8.83 Å². The number of nitrogens with zero attached hydrogens (tertiary/aromatic N) is 1. The molecular formula is C15H16N2O2. The second kappa shape index (κ2) is 4.90. The zero-order valence-corrected chi connectivity index (χ0v) is 11.0. The number of hydrogen-bond acceptors (Lipinski definition) is 4. The third-order valence-electron chi connectivity index (χ3n) is 2.97. The highest BCUT2D eigenvalue weighted by Gasteiger charge is 2.15. The van der Waals surface area contributed by atoms with Crippen molar-refractivity contribution >= 4 is 11.0 Å². The van der Waals surface area contributed by atoms with Crippen LogP contribution in [-0.4, -0.2) is 11.0 Å². The minimum Gasteiger partial charge on any atom is -0.453 e. The fourth-order valence-corrected chi connectivity index (χ4v) is 1.99. The molecule has 1 aromatic carbocycles. The van der Waals surface area contributed by atoms with Crippen LogP contribution in [0.1, 0.15) is 19.5 Å². The van der Waals surface area contributed by atoms with Crippen LogP contribution in [0.3, 0.4) is 0 Å². The number of nitrogens with one attached hydrogen (secondary N) is 1. The standard InChI is InChI=1S/C15H16N2O2/c1-10(2)16-8-12-15(18-9-17-12)14-7-11-5-3-4-6-13(11)19-14/h3-7,9-10,16H,8H2,1-2H3. The Morgan fingerprint density at radius 3 is 2.89 bits per heavy atom. The zero-order chi connectivity index (χ0) is 13.2. The predicted molar refractivity (Wildman–Crippen MR) is 73.7 cm³/mol. The fraction of sp³-hybridized carbons (Fsp3) is 0.267. The highest BCUT2D eigenvalue weighted by molar-refractivity contribution is 5.82. The van der Waals surface area contributed by atoms with Crippen LogP contribution in [0.25, 0.3) is 22.5 Å². The number of hydrogen-bond donors (Lipinski definition) is 1. The van der Waals surface area contributed by atoms with Crippen molar-refractivity contribution < 1.29 is 8.83 Å². The summed E-state index contributed by atoms with van der Waals surface area (Å²) in [4.78, 5) is 4.25. The second-order valence-corrected chi connectivity index (χ2v) is 4.81. The first kappa shape index (κ1) is 12.0. The first-order chi connectivity index (χ1) is 9.24. The minimum absolute atomic E-state index is 0.403. The molecule has 2 heterocycles. The Morgan fingerprint density at radius 2 is 2.11 bits per heavy atom. The maximum atomic E-state index is 5.80. The molecule has 0 aliphatic carbocycles. The van der Waals surface area contributed by atoms with E-state index in [-0.39, 0.29) is 0 Å². The van der Waals surface area contributed by atoms with E-state index in [0.29, 0.717) is 18.3 Å². The molecule has 0 atom stereocenters. The van der Waals surface area contributed by atoms with E-state index in [9.17, 15) is 0 Å². The Kier molecular flexibility index (Phi) is 3.09. The molecule has 4 nitrogen and oxygen atoms in total. The highest BCUT2D eigenvalue weighted by atomic mass is 16.4. The third kappa shape index (κ3) is 2.39. The summed E-state index contributed by atoms with van der Waals surface area (Å²) in [5.41, 5.74) is 1.73. The summed E-state index contributed by atoms with van der Waals surface area (Å²) in [7, 11) is 0. The van der Waals surface area contributed by atoms with Crippen molar-refractivity contribution in [3.8, 4) is 11.5 Å². The molecule has 98 valence electrons. The minimum atomic E-state index is 0.403. The number of oxazole rings is 1. The van der Waals surface area contributed by atoms with Crippen molar-refractivity contribution in [2.45, 2.75) is 26.4 Å². The maximum absolute atomic E-state index is 5.80. The summed E-state index contributed by atoms with van der Waals surface area (Å²) >= 11 is 0. The molecule has 0 radical (unpaired) electrons. The first-order valence-corrected chi connectivity index (χ1v) is 6.39. The number of benzene rings is 1. The van der Waals surface area contributed by atoms with Crippen LogP contribution in [0, 0.1) is 0 Å². The van der Waals surface area contributed by atoms with Gasteiger partial charge >= 0.3 is 0 Å². The average molecular weight is 256 g/mol.